The number of morpholine rings is 1. The standard InChI is InChI=1S/C23H24N2O5S2/c1-16-3-5-17(6-4-16)19-9-14-31-22(19)23(26)24-18-7-8-20(29-2)21(15-18)32(27,28)25-10-12-30-13-11-25/h3-9,14-15H,10-13H2,1-2H3,(H,24,26). The first-order valence-corrected chi connectivity index (χ1v) is 12.4. The molecule has 1 fully saturated rings. The molecule has 1 amide bonds. The lowest BCUT2D eigenvalue weighted by molar-refractivity contribution is 0.0729. The summed E-state index contributed by atoms with van der Waals surface area (Å²) in [5.74, 6) is -0.0681. The normalized spacial score (nSPS) is 14.8. The summed E-state index contributed by atoms with van der Waals surface area (Å²) in [6, 6.07) is 14.5. The molecule has 0 aliphatic carbocycles. The van der Waals surface area contributed by atoms with Gasteiger partial charge in [-0.25, -0.2) is 8.42 Å². The topological polar surface area (TPSA) is 84.9 Å². The first-order chi connectivity index (χ1) is 15.4. The molecular weight excluding hydrogens is 448 g/mol. The molecular formula is C23H24N2O5S2. The van der Waals surface area contributed by atoms with Crippen LogP contribution in [0.15, 0.2) is 58.8 Å². The van der Waals surface area contributed by atoms with Gasteiger partial charge in [-0.15, -0.1) is 11.3 Å². The molecule has 3 aromatic rings. The first kappa shape index (κ1) is 22.5. The Labute approximate surface area is 191 Å². The van der Waals surface area contributed by atoms with Crippen molar-refractivity contribution in [2.24, 2.45) is 0 Å². The van der Waals surface area contributed by atoms with Crippen LogP contribution in [0.5, 0.6) is 5.75 Å². The van der Waals surface area contributed by atoms with Crippen molar-refractivity contribution in [3.05, 3.63) is 64.4 Å². The Balaban J connectivity index is 1.62. The van der Waals surface area contributed by atoms with Gasteiger partial charge in [-0.1, -0.05) is 29.8 Å². The fourth-order valence-electron chi connectivity index (χ4n) is 3.52. The van der Waals surface area contributed by atoms with E-state index in [1.165, 1.54) is 28.8 Å². The summed E-state index contributed by atoms with van der Waals surface area (Å²) in [5, 5.41) is 4.71. The number of methoxy groups -OCH3 is 1. The Morgan fingerprint density at radius 2 is 1.81 bits per heavy atom. The highest BCUT2D eigenvalue weighted by Gasteiger charge is 2.29. The van der Waals surface area contributed by atoms with Crippen molar-refractivity contribution in [2.45, 2.75) is 11.8 Å². The van der Waals surface area contributed by atoms with E-state index in [-0.39, 0.29) is 29.6 Å². The monoisotopic (exact) mass is 472 g/mol. The summed E-state index contributed by atoms with van der Waals surface area (Å²) < 4.78 is 38.3. The Hall–Kier alpha value is -2.72. The molecule has 2 heterocycles. The molecule has 32 heavy (non-hydrogen) atoms. The van der Waals surface area contributed by atoms with E-state index in [1.54, 1.807) is 12.1 Å². The maximum atomic E-state index is 13.2. The third-order valence-corrected chi connectivity index (χ3v) is 8.08. The van der Waals surface area contributed by atoms with E-state index in [2.05, 4.69) is 5.32 Å². The van der Waals surface area contributed by atoms with Crippen LogP contribution in [0.4, 0.5) is 5.69 Å². The largest absolute Gasteiger partial charge is 0.495 e. The predicted octanol–water partition coefficient (Wildman–Crippen LogP) is 4.01. The number of carbonyl (C=O) groups excluding carboxylic acids is 1. The Morgan fingerprint density at radius 1 is 1.09 bits per heavy atom. The number of nitrogens with one attached hydrogen (secondary N) is 1. The number of ether oxygens (including phenoxy) is 2. The van der Waals surface area contributed by atoms with Gasteiger partial charge >= 0.3 is 0 Å². The SMILES string of the molecule is COc1ccc(NC(=O)c2sccc2-c2ccc(C)cc2)cc1S(=O)(=O)N1CCOCC1. The molecule has 1 saturated heterocycles. The number of benzene rings is 2. The molecule has 4 rings (SSSR count). The van der Waals surface area contributed by atoms with Gasteiger partial charge in [-0.2, -0.15) is 4.31 Å². The Kier molecular flexibility index (Phi) is 6.61. The van der Waals surface area contributed by atoms with Crippen LogP contribution in [-0.4, -0.2) is 52.0 Å². The molecule has 2 aromatic carbocycles. The van der Waals surface area contributed by atoms with Gasteiger partial charge in [0.2, 0.25) is 10.0 Å². The maximum absolute atomic E-state index is 13.2. The van der Waals surface area contributed by atoms with Crippen molar-refractivity contribution in [1.29, 1.82) is 0 Å². The molecule has 0 atom stereocenters. The third-order valence-electron chi connectivity index (χ3n) is 5.24. The molecule has 0 radical (unpaired) electrons. The molecule has 1 aliphatic heterocycles. The number of rotatable bonds is 6. The van der Waals surface area contributed by atoms with E-state index in [4.69, 9.17) is 9.47 Å². The van der Waals surface area contributed by atoms with E-state index >= 15 is 0 Å². The average Bonchev–Trinajstić information content (AvgIpc) is 3.30. The summed E-state index contributed by atoms with van der Waals surface area (Å²) in [7, 11) is -2.37. The molecule has 1 aromatic heterocycles. The lowest BCUT2D eigenvalue weighted by Gasteiger charge is -2.26. The van der Waals surface area contributed by atoms with E-state index < -0.39 is 10.0 Å². The van der Waals surface area contributed by atoms with Gasteiger partial charge in [0.15, 0.2) is 0 Å². The summed E-state index contributed by atoms with van der Waals surface area (Å²) in [6.07, 6.45) is 0. The number of hydrogen-bond donors (Lipinski definition) is 1. The van der Waals surface area contributed by atoms with Crippen molar-refractivity contribution >= 4 is 33.0 Å². The van der Waals surface area contributed by atoms with E-state index in [9.17, 15) is 13.2 Å². The minimum absolute atomic E-state index is 0.0182. The molecule has 1 N–H and O–H groups in total. The second kappa shape index (κ2) is 9.41. The van der Waals surface area contributed by atoms with Crippen LogP contribution >= 0.6 is 11.3 Å². The van der Waals surface area contributed by atoms with Crippen LogP contribution in [0.25, 0.3) is 11.1 Å². The number of thiophene rings is 1. The zero-order valence-electron chi connectivity index (χ0n) is 17.8. The summed E-state index contributed by atoms with van der Waals surface area (Å²) in [4.78, 5) is 13.6. The van der Waals surface area contributed by atoms with Crippen LogP contribution in [0, 0.1) is 6.92 Å². The zero-order chi connectivity index (χ0) is 22.7. The van der Waals surface area contributed by atoms with Gasteiger partial charge in [0.05, 0.1) is 25.2 Å². The van der Waals surface area contributed by atoms with E-state index in [0.717, 1.165) is 16.7 Å². The quantitative estimate of drug-likeness (QED) is 0.586. The van der Waals surface area contributed by atoms with Crippen LogP contribution in [0.2, 0.25) is 0 Å². The predicted molar refractivity (Wildman–Crippen MR) is 125 cm³/mol. The van der Waals surface area contributed by atoms with Crippen molar-refractivity contribution in [2.75, 3.05) is 38.7 Å². The van der Waals surface area contributed by atoms with Crippen LogP contribution in [-0.2, 0) is 14.8 Å². The van der Waals surface area contributed by atoms with Gasteiger partial charge in [0.25, 0.3) is 5.91 Å². The van der Waals surface area contributed by atoms with Crippen molar-refractivity contribution in [3.8, 4) is 16.9 Å². The number of sulfonamides is 1. The van der Waals surface area contributed by atoms with Crippen LogP contribution in [0.3, 0.4) is 0 Å². The first-order valence-electron chi connectivity index (χ1n) is 10.1. The smallest absolute Gasteiger partial charge is 0.266 e. The fourth-order valence-corrected chi connectivity index (χ4v) is 5.92. The summed E-state index contributed by atoms with van der Waals surface area (Å²) in [6.45, 7) is 3.25. The van der Waals surface area contributed by atoms with Crippen LogP contribution in [0.1, 0.15) is 15.2 Å². The van der Waals surface area contributed by atoms with Gasteiger partial charge in [-0.3, -0.25) is 4.79 Å². The van der Waals surface area contributed by atoms with Gasteiger partial charge in [0, 0.05) is 24.3 Å². The minimum Gasteiger partial charge on any atom is -0.495 e. The molecule has 0 unspecified atom stereocenters. The lowest BCUT2D eigenvalue weighted by Crippen LogP contribution is -2.40. The molecule has 9 heteroatoms. The number of amides is 1. The second-order valence-electron chi connectivity index (χ2n) is 7.37. The molecule has 0 spiro atoms. The zero-order valence-corrected chi connectivity index (χ0v) is 19.5. The Morgan fingerprint density at radius 3 is 2.50 bits per heavy atom. The third kappa shape index (κ3) is 4.56. The average molecular weight is 473 g/mol. The number of aryl methyl sites for hydroxylation is 1. The van der Waals surface area contributed by atoms with Crippen molar-refractivity contribution < 1.29 is 22.7 Å². The highest BCUT2D eigenvalue weighted by atomic mass is 32.2. The molecule has 0 bridgehead atoms. The number of carbonyl (C=O) groups is 1. The molecule has 7 nitrogen and oxygen atoms in total. The number of anilines is 1. The fraction of sp³-hybridized carbons (Fsp3) is 0.261. The van der Waals surface area contributed by atoms with Gasteiger partial charge in [-0.05, 0) is 42.1 Å². The highest BCUT2D eigenvalue weighted by molar-refractivity contribution is 7.89. The molecule has 0 saturated carbocycles. The van der Waals surface area contributed by atoms with Crippen molar-refractivity contribution in [1.82, 2.24) is 4.31 Å². The Bertz CT molecular complexity index is 1210. The second-order valence-corrected chi connectivity index (χ2v) is 10.2. The highest BCUT2D eigenvalue weighted by Crippen LogP contribution is 2.32. The summed E-state index contributed by atoms with van der Waals surface area (Å²) >= 11 is 1.34. The van der Waals surface area contributed by atoms with E-state index in [1.807, 2.05) is 42.6 Å². The minimum atomic E-state index is -3.79. The van der Waals surface area contributed by atoms with Gasteiger partial charge in [0.1, 0.15) is 10.6 Å². The molecule has 168 valence electrons. The summed E-state index contributed by atoms with van der Waals surface area (Å²) in [5.41, 5.74) is 3.31. The molecule has 1 aliphatic rings. The number of hydrogen-bond acceptors (Lipinski definition) is 6. The van der Waals surface area contributed by atoms with E-state index in [0.29, 0.717) is 23.8 Å². The number of nitrogens with zero attached hydrogens (tertiary/aromatic N) is 1. The van der Waals surface area contributed by atoms with Crippen LogP contribution < -0.4 is 10.1 Å². The van der Waals surface area contributed by atoms with Gasteiger partial charge < -0.3 is 14.8 Å². The van der Waals surface area contributed by atoms with Crippen molar-refractivity contribution in [3.63, 3.8) is 0 Å². The lowest BCUT2D eigenvalue weighted by atomic mass is 10.0. The maximum Gasteiger partial charge on any atom is 0.266 e.